The van der Waals surface area contributed by atoms with Gasteiger partial charge in [-0.2, -0.15) is 0 Å². The normalized spacial score (nSPS) is 17.9. The average Bonchev–Trinajstić information content (AvgIpc) is 3.35. The van der Waals surface area contributed by atoms with E-state index in [4.69, 9.17) is 4.74 Å². The highest BCUT2D eigenvalue weighted by atomic mass is 32.1. The van der Waals surface area contributed by atoms with E-state index in [-0.39, 0.29) is 22.9 Å². The number of hydrogen-bond donors (Lipinski definition) is 1. The SMILES string of the molecule is CC(C)Oc1cccc(/C(O)=C2/C(=O)C(=O)N(c3ccc(F)cc3F)C2c2cccs2)c1. The van der Waals surface area contributed by atoms with E-state index >= 15 is 0 Å². The number of carbonyl (C=O) groups excluding carboxylic acids is 2. The van der Waals surface area contributed by atoms with E-state index in [1.165, 1.54) is 11.3 Å². The van der Waals surface area contributed by atoms with Gasteiger partial charge in [-0.25, -0.2) is 8.78 Å². The summed E-state index contributed by atoms with van der Waals surface area (Å²) in [5.74, 6) is -3.68. The van der Waals surface area contributed by atoms with Gasteiger partial charge in [0.2, 0.25) is 0 Å². The molecule has 0 saturated carbocycles. The Balaban J connectivity index is 1.89. The lowest BCUT2D eigenvalue weighted by atomic mass is 9.99. The molecule has 3 aromatic rings. The Morgan fingerprint density at radius 2 is 1.88 bits per heavy atom. The second-order valence-corrected chi connectivity index (χ2v) is 8.45. The molecule has 0 aliphatic carbocycles. The number of thiophene rings is 1. The third-order valence-electron chi connectivity index (χ3n) is 4.91. The minimum atomic E-state index is -1.07. The van der Waals surface area contributed by atoms with Crippen molar-refractivity contribution in [2.24, 2.45) is 0 Å². The van der Waals surface area contributed by atoms with Gasteiger partial charge in [-0.05, 0) is 49.6 Å². The number of anilines is 1. The molecule has 1 aromatic heterocycles. The number of Topliss-reactive ketones (excluding diaryl/α,β-unsaturated/α-hetero) is 1. The van der Waals surface area contributed by atoms with E-state index in [2.05, 4.69) is 0 Å². The highest BCUT2D eigenvalue weighted by Crippen LogP contribution is 2.44. The van der Waals surface area contributed by atoms with Crippen LogP contribution in [0.15, 0.2) is 65.6 Å². The zero-order valence-corrected chi connectivity index (χ0v) is 18.0. The highest BCUT2D eigenvalue weighted by molar-refractivity contribution is 7.10. The van der Waals surface area contributed by atoms with E-state index in [0.717, 1.165) is 17.0 Å². The van der Waals surface area contributed by atoms with Gasteiger partial charge in [0.25, 0.3) is 11.7 Å². The lowest BCUT2D eigenvalue weighted by Crippen LogP contribution is -2.30. The molecule has 1 aliphatic heterocycles. The van der Waals surface area contributed by atoms with Gasteiger partial charge in [-0.3, -0.25) is 14.5 Å². The first-order valence-corrected chi connectivity index (χ1v) is 10.7. The van der Waals surface area contributed by atoms with Crippen molar-refractivity contribution in [3.05, 3.63) is 87.6 Å². The second-order valence-electron chi connectivity index (χ2n) is 7.47. The molecule has 1 N–H and O–H groups in total. The van der Waals surface area contributed by atoms with Crippen LogP contribution in [-0.4, -0.2) is 22.9 Å². The van der Waals surface area contributed by atoms with Gasteiger partial charge in [0, 0.05) is 16.5 Å². The number of rotatable bonds is 5. The second kappa shape index (κ2) is 8.55. The van der Waals surface area contributed by atoms with Crippen LogP contribution in [-0.2, 0) is 9.59 Å². The Kier molecular flexibility index (Phi) is 5.80. The van der Waals surface area contributed by atoms with E-state index in [1.807, 2.05) is 13.8 Å². The van der Waals surface area contributed by atoms with Gasteiger partial charge in [-0.15, -0.1) is 11.3 Å². The van der Waals surface area contributed by atoms with Crippen LogP contribution in [0.2, 0.25) is 0 Å². The van der Waals surface area contributed by atoms with Gasteiger partial charge in [0.15, 0.2) is 0 Å². The zero-order valence-electron chi connectivity index (χ0n) is 17.2. The van der Waals surface area contributed by atoms with Crippen LogP contribution in [0, 0.1) is 11.6 Å². The summed E-state index contributed by atoms with van der Waals surface area (Å²) in [5.41, 5.74) is -0.145. The summed E-state index contributed by atoms with van der Waals surface area (Å²) in [6.45, 7) is 3.71. The van der Waals surface area contributed by atoms with Crippen LogP contribution in [0.25, 0.3) is 5.76 Å². The van der Waals surface area contributed by atoms with E-state index in [0.29, 0.717) is 16.7 Å². The van der Waals surface area contributed by atoms with Crippen molar-refractivity contribution in [2.45, 2.75) is 26.0 Å². The topological polar surface area (TPSA) is 66.8 Å². The molecule has 0 bridgehead atoms. The number of amides is 1. The predicted octanol–water partition coefficient (Wildman–Crippen LogP) is 5.44. The molecule has 164 valence electrons. The number of aliphatic hydroxyl groups is 1. The quantitative estimate of drug-likeness (QED) is 0.316. The van der Waals surface area contributed by atoms with Gasteiger partial charge in [0.05, 0.1) is 17.4 Å². The Labute approximate surface area is 187 Å². The number of nitrogens with zero attached hydrogens (tertiary/aromatic N) is 1. The number of ketones is 1. The molecule has 1 saturated heterocycles. The van der Waals surface area contributed by atoms with Crippen LogP contribution >= 0.6 is 11.3 Å². The van der Waals surface area contributed by atoms with Gasteiger partial charge in [-0.1, -0.05) is 18.2 Å². The Morgan fingerprint density at radius 3 is 2.53 bits per heavy atom. The number of halogens is 2. The van der Waals surface area contributed by atoms with Crippen molar-refractivity contribution >= 4 is 34.5 Å². The molecule has 1 atom stereocenters. The fourth-order valence-electron chi connectivity index (χ4n) is 3.62. The first-order chi connectivity index (χ1) is 15.3. The van der Waals surface area contributed by atoms with Crippen molar-refractivity contribution in [1.82, 2.24) is 0 Å². The van der Waals surface area contributed by atoms with Crippen molar-refractivity contribution in [1.29, 1.82) is 0 Å². The number of carbonyl (C=O) groups is 2. The highest BCUT2D eigenvalue weighted by Gasteiger charge is 2.48. The maximum absolute atomic E-state index is 14.6. The van der Waals surface area contributed by atoms with E-state index < -0.39 is 35.1 Å². The number of benzene rings is 2. The van der Waals surface area contributed by atoms with Crippen LogP contribution in [0.3, 0.4) is 0 Å². The maximum atomic E-state index is 14.6. The smallest absolute Gasteiger partial charge is 0.300 e. The number of hydrogen-bond acceptors (Lipinski definition) is 5. The standard InChI is InChI=1S/C24H19F2NO4S/c1-13(2)31-16-6-3-5-14(11-16)22(28)20-21(19-7-4-10-32-19)27(24(30)23(20)29)18-9-8-15(25)12-17(18)26/h3-13,21,28H,1-2H3/b22-20-. The monoisotopic (exact) mass is 455 g/mol. The van der Waals surface area contributed by atoms with Crippen LogP contribution in [0.5, 0.6) is 5.75 Å². The molecule has 2 heterocycles. The van der Waals surface area contributed by atoms with Crippen molar-refractivity contribution in [3.8, 4) is 5.75 Å². The average molecular weight is 455 g/mol. The number of ether oxygens (including phenoxy) is 1. The minimum Gasteiger partial charge on any atom is -0.507 e. The summed E-state index contributed by atoms with van der Waals surface area (Å²) in [7, 11) is 0. The summed E-state index contributed by atoms with van der Waals surface area (Å²) in [6, 6.07) is 11.6. The molecule has 1 unspecified atom stereocenters. The maximum Gasteiger partial charge on any atom is 0.300 e. The summed E-state index contributed by atoms with van der Waals surface area (Å²) < 4.78 is 33.7. The van der Waals surface area contributed by atoms with E-state index in [1.54, 1.807) is 41.8 Å². The molecule has 32 heavy (non-hydrogen) atoms. The summed E-state index contributed by atoms with van der Waals surface area (Å²) >= 11 is 1.25. The van der Waals surface area contributed by atoms with Gasteiger partial charge in [0.1, 0.15) is 29.2 Å². The molecular formula is C24H19F2NO4S. The minimum absolute atomic E-state index is 0.106. The fourth-order valence-corrected chi connectivity index (χ4v) is 4.44. The van der Waals surface area contributed by atoms with Crippen LogP contribution in [0.4, 0.5) is 14.5 Å². The molecule has 8 heteroatoms. The Bertz CT molecular complexity index is 1220. The molecule has 2 aromatic carbocycles. The first-order valence-electron chi connectivity index (χ1n) is 9.84. The Morgan fingerprint density at radius 1 is 1.09 bits per heavy atom. The largest absolute Gasteiger partial charge is 0.507 e. The van der Waals surface area contributed by atoms with Gasteiger partial charge < -0.3 is 9.84 Å². The molecule has 0 radical (unpaired) electrons. The van der Waals surface area contributed by atoms with Crippen molar-refractivity contribution < 1.29 is 28.2 Å². The summed E-state index contributed by atoms with van der Waals surface area (Å²) in [5, 5.41) is 12.8. The predicted molar refractivity (Wildman–Crippen MR) is 118 cm³/mol. The van der Waals surface area contributed by atoms with Crippen LogP contribution < -0.4 is 9.64 Å². The molecule has 1 aliphatic rings. The van der Waals surface area contributed by atoms with E-state index in [9.17, 15) is 23.5 Å². The third-order valence-corrected chi connectivity index (χ3v) is 5.83. The Hall–Kier alpha value is -3.52. The van der Waals surface area contributed by atoms with Crippen molar-refractivity contribution in [3.63, 3.8) is 0 Å². The van der Waals surface area contributed by atoms with Crippen molar-refractivity contribution in [2.75, 3.05) is 4.90 Å². The van der Waals surface area contributed by atoms with Crippen LogP contribution in [0.1, 0.15) is 30.3 Å². The molecular weight excluding hydrogens is 436 g/mol. The van der Waals surface area contributed by atoms with Gasteiger partial charge >= 0.3 is 0 Å². The molecule has 5 nitrogen and oxygen atoms in total. The lowest BCUT2D eigenvalue weighted by Gasteiger charge is -2.24. The molecule has 0 spiro atoms. The molecule has 1 fully saturated rings. The molecule has 4 rings (SSSR count). The lowest BCUT2D eigenvalue weighted by molar-refractivity contribution is -0.132. The summed E-state index contributed by atoms with van der Waals surface area (Å²) in [4.78, 5) is 27.5. The fraction of sp³-hybridized carbons (Fsp3) is 0.167. The first kappa shape index (κ1) is 21.7. The summed E-state index contributed by atoms with van der Waals surface area (Å²) in [6.07, 6.45) is -0.106. The number of aliphatic hydroxyl groups excluding tert-OH is 1. The zero-order chi connectivity index (χ0) is 23.0. The third kappa shape index (κ3) is 3.89. The molecule has 1 amide bonds.